The summed E-state index contributed by atoms with van der Waals surface area (Å²) in [6, 6.07) is 9.12. The highest BCUT2D eigenvalue weighted by Gasteiger charge is 2.35. The monoisotopic (exact) mass is 249 g/mol. The molecule has 0 amide bonds. The van der Waals surface area contributed by atoms with E-state index in [4.69, 9.17) is 0 Å². The highest BCUT2D eigenvalue weighted by atomic mass is 16.3. The van der Waals surface area contributed by atoms with Crippen molar-refractivity contribution in [3.63, 3.8) is 0 Å². The minimum Gasteiger partial charge on any atom is -0.394 e. The summed E-state index contributed by atoms with van der Waals surface area (Å²) in [6.07, 6.45) is 2.16. The number of hydrogen-bond acceptors (Lipinski definition) is 3. The van der Waals surface area contributed by atoms with E-state index in [1.807, 2.05) is 6.92 Å². The molecule has 0 atom stereocenters. The van der Waals surface area contributed by atoms with Crippen molar-refractivity contribution in [2.45, 2.75) is 44.2 Å². The molecular weight excluding hydrogens is 226 g/mol. The fraction of sp³-hybridized carbons (Fsp3) is 0.600. The predicted octanol–water partition coefficient (Wildman–Crippen LogP) is 1.57. The molecule has 1 saturated carbocycles. The summed E-state index contributed by atoms with van der Waals surface area (Å²) >= 11 is 0. The van der Waals surface area contributed by atoms with E-state index in [9.17, 15) is 10.2 Å². The second kappa shape index (κ2) is 5.39. The normalized spacial score (nSPS) is 23.8. The van der Waals surface area contributed by atoms with Crippen LogP contribution in [0, 0.1) is 6.92 Å². The molecule has 1 aromatic carbocycles. The molecule has 0 saturated heterocycles. The third-order valence-corrected chi connectivity index (χ3v) is 3.94. The van der Waals surface area contributed by atoms with Crippen LogP contribution in [0.2, 0.25) is 0 Å². The average Bonchev–Trinajstić information content (AvgIpc) is 2.34. The summed E-state index contributed by atoms with van der Waals surface area (Å²) in [6.45, 7) is 3.89. The Labute approximate surface area is 109 Å². The minimum absolute atomic E-state index is 0.0325. The van der Waals surface area contributed by atoms with Gasteiger partial charge >= 0.3 is 0 Å². The van der Waals surface area contributed by atoms with Crippen LogP contribution in [0.25, 0.3) is 0 Å². The summed E-state index contributed by atoms with van der Waals surface area (Å²) in [7, 11) is 0. The van der Waals surface area contributed by atoms with Crippen LogP contribution in [-0.2, 0) is 0 Å². The molecule has 1 fully saturated rings. The van der Waals surface area contributed by atoms with Gasteiger partial charge in [0.1, 0.15) is 0 Å². The summed E-state index contributed by atoms with van der Waals surface area (Å²) in [5, 5.41) is 21.8. The van der Waals surface area contributed by atoms with Gasteiger partial charge in [-0.3, -0.25) is 0 Å². The van der Waals surface area contributed by atoms with E-state index >= 15 is 0 Å². The van der Waals surface area contributed by atoms with E-state index in [0.717, 1.165) is 12.8 Å². The van der Waals surface area contributed by atoms with E-state index in [0.29, 0.717) is 12.0 Å². The first-order valence-corrected chi connectivity index (χ1v) is 6.62. The van der Waals surface area contributed by atoms with Gasteiger partial charge in [0.25, 0.3) is 0 Å². The molecule has 0 aliphatic heterocycles. The Hall–Kier alpha value is -0.900. The number of aliphatic hydroxyl groups excluding tert-OH is 2. The topological polar surface area (TPSA) is 52.5 Å². The smallest absolute Gasteiger partial charge is 0.0633 e. The van der Waals surface area contributed by atoms with Gasteiger partial charge < -0.3 is 15.5 Å². The molecular formula is C15H23NO2. The molecule has 0 unspecified atom stereocenters. The van der Waals surface area contributed by atoms with Crippen molar-refractivity contribution >= 4 is 0 Å². The molecule has 3 nitrogen and oxygen atoms in total. The molecule has 0 heterocycles. The Kier molecular flexibility index (Phi) is 4.05. The Morgan fingerprint density at radius 1 is 1.17 bits per heavy atom. The van der Waals surface area contributed by atoms with Crippen molar-refractivity contribution in [3.05, 3.63) is 35.4 Å². The number of rotatable bonds is 5. The maximum atomic E-state index is 9.24. The Morgan fingerprint density at radius 2 is 1.72 bits per heavy atom. The molecule has 3 N–H and O–H groups in total. The molecule has 1 aliphatic carbocycles. The van der Waals surface area contributed by atoms with E-state index in [1.54, 1.807) is 0 Å². The van der Waals surface area contributed by atoms with E-state index < -0.39 is 5.54 Å². The van der Waals surface area contributed by atoms with Crippen molar-refractivity contribution in [1.82, 2.24) is 5.32 Å². The molecule has 3 heteroatoms. The van der Waals surface area contributed by atoms with E-state index in [2.05, 4.69) is 36.5 Å². The molecule has 0 aromatic heterocycles. The molecule has 0 spiro atoms. The number of aliphatic hydroxyl groups is 2. The lowest BCUT2D eigenvalue weighted by Gasteiger charge is -2.41. The number of aryl methyl sites for hydroxylation is 1. The van der Waals surface area contributed by atoms with Crippen LogP contribution in [0.3, 0.4) is 0 Å². The summed E-state index contributed by atoms with van der Waals surface area (Å²) < 4.78 is 0. The fourth-order valence-electron chi connectivity index (χ4n) is 2.48. The quantitative estimate of drug-likeness (QED) is 0.742. The molecule has 18 heavy (non-hydrogen) atoms. The van der Waals surface area contributed by atoms with E-state index in [-0.39, 0.29) is 13.2 Å². The first-order valence-electron chi connectivity index (χ1n) is 6.62. The Morgan fingerprint density at radius 3 is 2.22 bits per heavy atom. The minimum atomic E-state index is -0.553. The number of nitrogens with one attached hydrogen (secondary N) is 1. The lowest BCUT2D eigenvalue weighted by molar-refractivity contribution is 0.0780. The van der Waals surface area contributed by atoms with Crippen molar-refractivity contribution < 1.29 is 10.2 Å². The Balaban J connectivity index is 1.85. The van der Waals surface area contributed by atoms with Gasteiger partial charge in [0.15, 0.2) is 0 Å². The molecule has 1 aliphatic rings. The first kappa shape index (κ1) is 13.5. The summed E-state index contributed by atoms with van der Waals surface area (Å²) in [4.78, 5) is 0. The second-order valence-corrected chi connectivity index (χ2v) is 5.80. The van der Waals surface area contributed by atoms with Crippen molar-refractivity contribution in [2.75, 3.05) is 13.2 Å². The van der Waals surface area contributed by atoms with Gasteiger partial charge in [-0.1, -0.05) is 29.8 Å². The van der Waals surface area contributed by atoms with Crippen molar-refractivity contribution in [2.24, 2.45) is 0 Å². The van der Waals surface area contributed by atoms with Gasteiger partial charge in [0.2, 0.25) is 0 Å². The van der Waals surface area contributed by atoms with Crippen molar-refractivity contribution in [1.29, 1.82) is 0 Å². The van der Waals surface area contributed by atoms with Crippen LogP contribution in [-0.4, -0.2) is 35.0 Å². The molecule has 0 radical (unpaired) electrons. The maximum absolute atomic E-state index is 9.24. The van der Waals surface area contributed by atoms with Gasteiger partial charge in [0, 0.05) is 6.04 Å². The van der Waals surface area contributed by atoms with Gasteiger partial charge in [0.05, 0.1) is 18.8 Å². The molecule has 1 aromatic rings. The highest BCUT2D eigenvalue weighted by molar-refractivity contribution is 5.26. The first-order chi connectivity index (χ1) is 8.56. The highest BCUT2D eigenvalue weighted by Crippen LogP contribution is 2.37. The SMILES string of the molecule is Cc1ccc(C2CC(NC(C)(CO)CO)C2)cc1. The van der Waals surface area contributed by atoms with Gasteiger partial charge in [-0.25, -0.2) is 0 Å². The van der Waals surface area contributed by atoms with Gasteiger partial charge in [-0.05, 0) is 38.2 Å². The van der Waals surface area contributed by atoms with Crippen LogP contribution in [0.15, 0.2) is 24.3 Å². The predicted molar refractivity (Wildman–Crippen MR) is 72.7 cm³/mol. The third kappa shape index (κ3) is 2.91. The summed E-state index contributed by atoms with van der Waals surface area (Å²) in [5.74, 6) is 0.615. The van der Waals surface area contributed by atoms with E-state index in [1.165, 1.54) is 11.1 Å². The average molecular weight is 249 g/mol. The molecule has 100 valence electrons. The number of benzene rings is 1. The zero-order valence-corrected chi connectivity index (χ0v) is 11.2. The van der Waals surface area contributed by atoms with Crippen molar-refractivity contribution in [3.8, 4) is 0 Å². The lowest BCUT2D eigenvalue weighted by Crippen LogP contribution is -2.56. The fourth-order valence-corrected chi connectivity index (χ4v) is 2.48. The lowest BCUT2D eigenvalue weighted by atomic mass is 9.75. The third-order valence-electron chi connectivity index (χ3n) is 3.94. The number of hydrogen-bond donors (Lipinski definition) is 3. The van der Waals surface area contributed by atoms with Gasteiger partial charge in [-0.15, -0.1) is 0 Å². The maximum Gasteiger partial charge on any atom is 0.0633 e. The zero-order chi connectivity index (χ0) is 13.2. The van der Waals surface area contributed by atoms with Crippen LogP contribution < -0.4 is 5.32 Å². The van der Waals surface area contributed by atoms with Crippen LogP contribution >= 0.6 is 0 Å². The van der Waals surface area contributed by atoms with Crippen LogP contribution in [0.1, 0.15) is 36.8 Å². The summed E-state index contributed by atoms with van der Waals surface area (Å²) in [5.41, 5.74) is 2.14. The second-order valence-electron chi connectivity index (χ2n) is 5.80. The Bertz CT molecular complexity index is 378. The molecule has 2 rings (SSSR count). The standard InChI is InChI=1S/C15H23NO2/c1-11-3-5-12(6-4-11)13-7-14(8-13)16-15(2,9-17)10-18/h3-6,13-14,16-18H,7-10H2,1-2H3. The molecule has 0 bridgehead atoms. The zero-order valence-electron chi connectivity index (χ0n) is 11.2. The van der Waals surface area contributed by atoms with Crippen LogP contribution in [0.4, 0.5) is 0 Å². The van der Waals surface area contributed by atoms with Crippen LogP contribution in [0.5, 0.6) is 0 Å². The largest absolute Gasteiger partial charge is 0.394 e. The van der Waals surface area contributed by atoms with Gasteiger partial charge in [-0.2, -0.15) is 0 Å².